The molecule has 35 heavy (non-hydrogen) atoms. The standard InChI is InChI=1S/C27H27IN2O5/c1-34-26(32)24(17-21-13-8-14-22(28)15-21)29-25(31)23(16-19-9-4-2-5-10-19)30-27(33)35-18-20-11-6-3-7-12-20/h2-15,23-24H,16-18H2,1H3,(H,29,31)(H,30,33)/t23-,24-/m0/s1. The van der Waals surface area contributed by atoms with Gasteiger partial charge in [0.15, 0.2) is 0 Å². The van der Waals surface area contributed by atoms with Crippen molar-refractivity contribution in [1.29, 1.82) is 0 Å². The van der Waals surface area contributed by atoms with Crippen LogP contribution in [0.25, 0.3) is 0 Å². The molecule has 0 aliphatic carbocycles. The number of amides is 2. The highest BCUT2D eigenvalue weighted by Crippen LogP contribution is 2.12. The first-order valence-electron chi connectivity index (χ1n) is 11.1. The quantitative estimate of drug-likeness (QED) is 0.277. The SMILES string of the molecule is COC(=O)[C@H](Cc1cccc(I)c1)NC(=O)[C@H](Cc1ccccc1)NC(=O)OCc1ccccc1. The normalized spacial score (nSPS) is 12.2. The Morgan fingerprint density at radius 2 is 1.37 bits per heavy atom. The van der Waals surface area contributed by atoms with E-state index in [2.05, 4.69) is 33.2 Å². The van der Waals surface area contributed by atoms with Crippen LogP contribution in [0.3, 0.4) is 0 Å². The van der Waals surface area contributed by atoms with Gasteiger partial charge in [0.1, 0.15) is 18.7 Å². The Balaban J connectivity index is 1.71. The van der Waals surface area contributed by atoms with Gasteiger partial charge in [0.25, 0.3) is 0 Å². The summed E-state index contributed by atoms with van der Waals surface area (Å²) in [7, 11) is 1.27. The fraction of sp³-hybridized carbons (Fsp3) is 0.222. The highest BCUT2D eigenvalue weighted by molar-refractivity contribution is 14.1. The van der Waals surface area contributed by atoms with Gasteiger partial charge in [0.2, 0.25) is 5.91 Å². The first kappa shape index (κ1) is 26.2. The smallest absolute Gasteiger partial charge is 0.408 e. The van der Waals surface area contributed by atoms with E-state index in [1.54, 1.807) is 0 Å². The average Bonchev–Trinajstić information content (AvgIpc) is 2.87. The molecule has 0 saturated carbocycles. The molecular formula is C27H27IN2O5. The van der Waals surface area contributed by atoms with Crippen molar-refractivity contribution in [2.45, 2.75) is 31.5 Å². The number of carbonyl (C=O) groups excluding carboxylic acids is 3. The summed E-state index contributed by atoms with van der Waals surface area (Å²) >= 11 is 2.19. The third-order valence-electron chi connectivity index (χ3n) is 5.24. The lowest BCUT2D eigenvalue weighted by Crippen LogP contribution is -2.53. The summed E-state index contributed by atoms with van der Waals surface area (Å²) in [4.78, 5) is 38.2. The first-order chi connectivity index (χ1) is 16.9. The van der Waals surface area contributed by atoms with Crippen molar-refractivity contribution in [2.24, 2.45) is 0 Å². The Morgan fingerprint density at radius 3 is 2.00 bits per heavy atom. The van der Waals surface area contributed by atoms with Crippen LogP contribution in [-0.2, 0) is 38.5 Å². The number of hydrogen-bond donors (Lipinski definition) is 2. The van der Waals surface area contributed by atoms with Crippen LogP contribution in [0.15, 0.2) is 84.9 Å². The summed E-state index contributed by atoms with van der Waals surface area (Å²) in [5.74, 6) is -1.08. The van der Waals surface area contributed by atoms with Gasteiger partial charge in [-0.15, -0.1) is 0 Å². The Labute approximate surface area is 218 Å². The maximum atomic E-state index is 13.3. The van der Waals surface area contributed by atoms with Crippen LogP contribution in [0, 0.1) is 3.57 Å². The van der Waals surface area contributed by atoms with Crippen molar-refractivity contribution in [1.82, 2.24) is 10.6 Å². The highest BCUT2D eigenvalue weighted by atomic mass is 127. The monoisotopic (exact) mass is 586 g/mol. The van der Waals surface area contributed by atoms with Gasteiger partial charge in [-0.3, -0.25) is 4.79 Å². The van der Waals surface area contributed by atoms with Crippen molar-refractivity contribution < 1.29 is 23.9 Å². The van der Waals surface area contributed by atoms with Crippen LogP contribution >= 0.6 is 22.6 Å². The van der Waals surface area contributed by atoms with Gasteiger partial charge in [0, 0.05) is 16.4 Å². The highest BCUT2D eigenvalue weighted by Gasteiger charge is 2.28. The Bertz CT molecular complexity index is 1120. The molecule has 2 N–H and O–H groups in total. The number of esters is 1. The first-order valence-corrected chi connectivity index (χ1v) is 12.2. The second-order valence-corrected chi connectivity index (χ2v) is 9.11. The third-order valence-corrected chi connectivity index (χ3v) is 5.91. The van der Waals surface area contributed by atoms with Crippen molar-refractivity contribution in [3.63, 3.8) is 0 Å². The van der Waals surface area contributed by atoms with E-state index in [1.807, 2.05) is 84.9 Å². The zero-order valence-corrected chi connectivity index (χ0v) is 21.4. The maximum Gasteiger partial charge on any atom is 0.408 e. The molecule has 7 nitrogen and oxygen atoms in total. The predicted octanol–water partition coefficient (Wildman–Crippen LogP) is 4.03. The van der Waals surface area contributed by atoms with Crippen LogP contribution in [0.1, 0.15) is 16.7 Å². The van der Waals surface area contributed by atoms with Gasteiger partial charge in [-0.25, -0.2) is 9.59 Å². The Morgan fingerprint density at radius 1 is 0.771 bits per heavy atom. The van der Waals surface area contributed by atoms with Crippen LogP contribution < -0.4 is 10.6 Å². The van der Waals surface area contributed by atoms with Crippen molar-refractivity contribution in [2.75, 3.05) is 7.11 Å². The number of ether oxygens (including phenoxy) is 2. The molecular weight excluding hydrogens is 559 g/mol. The number of rotatable bonds is 10. The second-order valence-electron chi connectivity index (χ2n) is 7.87. The summed E-state index contributed by atoms with van der Waals surface area (Å²) in [6, 6.07) is 24.3. The van der Waals surface area contributed by atoms with Crippen LogP contribution in [0.5, 0.6) is 0 Å². The lowest BCUT2D eigenvalue weighted by Gasteiger charge is -2.22. The number of halogens is 1. The molecule has 0 bridgehead atoms. The van der Waals surface area contributed by atoms with E-state index >= 15 is 0 Å². The van der Waals surface area contributed by atoms with Gasteiger partial charge < -0.3 is 20.1 Å². The molecule has 3 aromatic carbocycles. The summed E-state index contributed by atoms with van der Waals surface area (Å²) in [5.41, 5.74) is 2.56. The largest absolute Gasteiger partial charge is 0.467 e. The molecule has 0 unspecified atom stereocenters. The number of alkyl carbamates (subject to hydrolysis) is 1. The molecule has 0 aliphatic rings. The molecule has 3 aromatic rings. The topological polar surface area (TPSA) is 93.7 Å². The van der Waals surface area contributed by atoms with Gasteiger partial charge in [-0.05, 0) is 51.4 Å². The predicted molar refractivity (Wildman–Crippen MR) is 141 cm³/mol. The van der Waals surface area contributed by atoms with E-state index in [0.29, 0.717) is 0 Å². The van der Waals surface area contributed by atoms with Crippen LogP contribution in [0.2, 0.25) is 0 Å². The molecule has 0 heterocycles. The molecule has 2 atom stereocenters. The minimum absolute atomic E-state index is 0.0732. The molecule has 0 radical (unpaired) electrons. The minimum Gasteiger partial charge on any atom is -0.467 e. The second kappa shape index (κ2) is 13.5. The van der Waals surface area contributed by atoms with Gasteiger partial charge in [0.05, 0.1) is 7.11 Å². The van der Waals surface area contributed by atoms with Crippen LogP contribution in [0.4, 0.5) is 4.79 Å². The van der Waals surface area contributed by atoms with E-state index in [4.69, 9.17) is 9.47 Å². The zero-order chi connectivity index (χ0) is 25.0. The number of benzene rings is 3. The number of nitrogens with one attached hydrogen (secondary N) is 2. The Kier molecular flexibility index (Phi) is 10.1. The van der Waals surface area contributed by atoms with Gasteiger partial charge in [-0.1, -0.05) is 72.8 Å². The minimum atomic E-state index is -0.955. The van der Waals surface area contributed by atoms with Gasteiger partial charge in [-0.2, -0.15) is 0 Å². The van der Waals surface area contributed by atoms with Crippen LogP contribution in [-0.4, -0.2) is 37.2 Å². The lowest BCUT2D eigenvalue weighted by atomic mass is 10.0. The fourth-order valence-electron chi connectivity index (χ4n) is 3.47. The number of methoxy groups -OCH3 is 1. The summed E-state index contributed by atoms with van der Waals surface area (Å²) in [6.45, 7) is 0.0732. The number of carbonyl (C=O) groups is 3. The average molecular weight is 586 g/mol. The maximum absolute atomic E-state index is 13.3. The van der Waals surface area contributed by atoms with Crippen molar-refractivity contribution in [3.05, 3.63) is 105 Å². The van der Waals surface area contributed by atoms with Crippen molar-refractivity contribution in [3.8, 4) is 0 Å². The van der Waals surface area contributed by atoms with E-state index in [9.17, 15) is 14.4 Å². The Hall–Kier alpha value is -3.40. The van der Waals surface area contributed by atoms with E-state index in [1.165, 1.54) is 7.11 Å². The van der Waals surface area contributed by atoms with E-state index in [0.717, 1.165) is 20.3 Å². The molecule has 0 aromatic heterocycles. The summed E-state index contributed by atoms with van der Waals surface area (Å²) in [6.07, 6.45) is -0.243. The molecule has 182 valence electrons. The molecule has 0 spiro atoms. The number of hydrogen-bond acceptors (Lipinski definition) is 5. The van der Waals surface area contributed by atoms with E-state index in [-0.39, 0.29) is 19.4 Å². The van der Waals surface area contributed by atoms with Gasteiger partial charge >= 0.3 is 12.1 Å². The molecule has 0 aliphatic heterocycles. The molecule has 3 rings (SSSR count). The summed E-state index contributed by atoms with van der Waals surface area (Å²) < 4.78 is 11.2. The lowest BCUT2D eigenvalue weighted by molar-refractivity contribution is -0.145. The fourth-order valence-corrected chi connectivity index (χ4v) is 4.08. The molecule has 0 saturated heterocycles. The molecule has 2 amide bonds. The zero-order valence-electron chi connectivity index (χ0n) is 19.3. The summed E-state index contributed by atoms with van der Waals surface area (Å²) in [5, 5.41) is 5.39. The molecule has 0 fully saturated rings. The van der Waals surface area contributed by atoms with E-state index < -0.39 is 30.1 Å². The molecule has 8 heteroatoms. The van der Waals surface area contributed by atoms with Crippen molar-refractivity contribution >= 4 is 40.6 Å². The third kappa shape index (κ3) is 8.71.